The summed E-state index contributed by atoms with van der Waals surface area (Å²) in [5.41, 5.74) is 2.03. The van der Waals surface area contributed by atoms with Crippen LogP contribution in [0.15, 0.2) is 24.3 Å². The van der Waals surface area contributed by atoms with Crippen molar-refractivity contribution in [3.8, 4) is 0 Å². The van der Waals surface area contributed by atoms with Crippen molar-refractivity contribution in [2.75, 3.05) is 13.2 Å². The summed E-state index contributed by atoms with van der Waals surface area (Å²) in [6, 6.07) is 7.48. The summed E-state index contributed by atoms with van der Waals surface area (Å²) in [5, 5.41) is 3.43. The fourth-order valence-corrected chi connectivity index (χ4v) is 2.36. The third kappa shape index (κ3) is 3.74. The average Bonchev–Trinajstić information content (AvgIpc) is 2.81. The first-order valence-corrected chi connectivity index (χ1v) is 7.52. The minimum Gasteiger partial charge on any atom is -0.379 e. The molecule has 0 fully saturated rings. The van der Waals surface area contributed by atoms with Gasteiger partial charge in [0.2, 0.25) is 0 Å². The normalized spacial score (nSPS) is 11.1. The molecular weight excluding hydrogens is 280 g/mol. The highest BCUT2D eigenvalue weighted by Gasteiger charge is 2.22. The maximum absolute atomic E-state index is 12.3. The molecule has 1 amide bonds. The zero-order valence-electron chi connectivity index (χ0n) is 13.2. The molecule has 0 bridgehead atoms. The lowest BCUT2D eigenvalue weighted by Gasteiger charge is -2.08. The van der Waals surface area contributed by atoms with Gasteiger partial charge in [0.1, 0.15) is 0 Å². The Morgan fingerprint density at radius 3 is 2.73 bits per heavy atom. The molecule has 22 heavy (non-hydrogen) atoms. The van der Waals surface area contributed by atoms with Gasteiger partial charge in [-0.1, -0.05) is 18.2 Å². The summed E-state index contributed by atoms with van der Waals surface area (Å²) >= 11 is 0. The highest BCUT2D eigenvalue weighted by atomic mass is 16.5. The van der Waals surface area contributed by atoms with Crippen LogP contribution in [-0.4, -0.2) is 35.9 Å². The molecule has 118 valence electrons. The molecule has 1 aromatic carbocycles. The van der Waals surface area contributed by atoms with Crippen LogP contribution in [0, 0.1) is 6.92 Å². The van der Waals surface area contributed by atoms with E-state index in [1.165, 1.54) is 0 Å². The third-order valence-corrected chi connectivity index (χ3v) is 3.38. The number of rotatable bonds is 7. The van der Waals surface area contributed by atoms with Crippen LogP contribution in [0.4, 0.5) is 0 Å². The molecule has 1 heterocycles. The first-order valence-electron chi connectivity index (χ1n) is 7.52. The number of aromatic amines is 1. The van der Waals surface area contributed by atoms with Crippen molar-refractivity contribution < 1.29 is 14.3 Å². The third-order valence-electron chi connectivity index (χ3n) is 3.38. The number of fused-ring (bicyclic) bond motifs is 1. The number of hydrogen-bond acceptors (Lipinski definition) is 3. The van der Waals surface area contributed by atoms with E-state index in [9.17, 15) is 9.59 Å². The minimum atomic E-state index is -0.572. The Balaban J connectivity index is 1.98. The van der Waals surface area contributed by atoms with Crippen molar-refractivity contribution >= 4 is 22.6 Å². The van der Waals surface area contributed by atoms with Crippen LogP contribution < -0.4 is 5.32 Å². The highest BCUT2D eigenvalue weighted by Crippen LogP contribution is 2.22. The second-order valence-corrected chi connectivity index (χ2v) is 5.53. The lowest BCUT2D eigenvalue weighted by molar-refractivity contribution is -0.117. The summed E-state index contributed by atoms with van der Waals surface area (Å²) in [4.78, 5) is 27.5. The van der Waals surface area contributed by atoms with E-state index >= 15 is 0 Å². The number of aromatic nitrogens is 1. The molecule has 0 spiro atoms. The molecule has 0 aliphatic heterocycles. The van der Waals surface area contributed by atoms with Gasteiger partial charge in [0.05, 0.1) is 11.7 Å². The van der Waals surface area contributed by atoms with Crippen LogP contribution in [0.1, 0.15) is 36.3 Å². The molecule has 1 aromatic heterocycles. The van der Waals surface area contributed by atoms with E-state index in [4.69, 9.17) is 4.74 Å². The molecule has 2 N–H and O–H groups in total. The summed E-state index contributed by atoms with van der Waals surface area (Å²) in [6.45, 7) is 6.72. The van der Waals surface area contributed by atoms with E-state index in [0.717, 1.165) is 10.9 Å². The summed E-state index contributed by atoms with van der Waals surface area (Å²) in [7, 11) is 0. The van der Waals surface area contributed by atoms with E-state index < -0.39 is 11.7 Å². The van der Waals surface area contributed by atoms with Crippen molar-refractivity contribution in [3.05, 3.63) is 35.5 Å². The molecule has 0 atom stereocenters. The number of carbonyl (C=O) groups excluding carboxylic acids is 2. The maximum atomic E-state index is 12.3. The number of benzene rings is 1. The van der Waals surface area contributed by atoms with Crippen LogP contribution >= 0.6 is 0 Å². The number of ether oxygens (including phenoxy) is 1. The lowest BCUT2D eigenvalue weighted by atomic mass is 10.1. The van der Waals surface area contributed by atoms with Crippen molar-refractivity contribution in [2.45, 2.75) is 33.3 Å². The lowest BCUT2D eigenvalue weighted by Crippen LogP contribution is -2.32. The largest absolute Gasteiger partial charge is 0.379 e. The minimum absolute atomic E-state index is 0.172. The molecule has 2 rings (SSSR count). The van der Waals surface area contributed by atoms with E-state index in [1.807, 2.05) is 38.1 Å². The predicted octanol–water partition coefficient (Wildman–Crippen LogP) is 2.59. The molecule has 0 saturated heterocycles. The fourth-order valence-electron chi connectivity index (χ4n) is 2.36. The number of para-hydroxylation sites is 1. The second kappa shape index (κ2) is 7.22. The van der Waals surface area contributed by atoms with E-state index in [-0.39, 0.29) is 6.10 Å². The number of Topliss-reactive ketones (excluding diaryl/α,β-unsaturated/α-hetero) is 1. The number of amides is 1. The van der Waals surface area contributed by atoms with E-state index in [0.29, 0.717) is 30.8 Å². The van der Waals surface area contributed by atoms with Crippen LogP contribution in [0.25, 0.3) is 10.9 Å². The van der Waals surface area contributed by atoms with Gasteiger partial charge >= 0.3 is 0 Å². The van der Waals surface area contributed by atoms with Gasteiger partial charge in [-0.2, -0.15) is 0 Å². The van der Waals surface area contributed by atoms with Crippen LogP contribution in [0.2, 0.25) is 0 Å². The van der Waals surface area contributed by atoms with Crippen molar-refractivity contribution in [1.82, 2.24) is 10.3 Å². The first-order chi connectivity index (χ1) is 10.5. The van der Waals surface area contributed by atoms with Crippen LogP contribution in [0.3, 0.4) is 0 Å². The van der Waals surface area contributed by atoms with Gasteiger partial charge in [-0.3, -0.25) is 9.59 Å². The number of hydrogen-bond donors (Lipinski definition) is 2. The van der Waals surface area contributed by atoms with Gasteiger partial charge < -0.3 is 15.0 Å². The number of nitrogens with one attached hydrogen (secondary N) is 2. The van der Waals surface area contributed by atoms with Crippen LogP contribution in [0.5, 0.6) is 0 Å². The molecule has 0 saturated carbocycles. The van der Waals surface area contributed by atoms with Crippen molar-refractivity contribution in [2.24, 2.45) is 0 Å². The Hall–Kier alpha value is -2.14. The summed E-state index contributed by atoms with van der Waals surface area (Å²) in [5.74, 6) is -1.07. The number of H-pyrrole nitrogens is 1. The van der Waals surface area contributed by atoms with Gasteiger partial charge in [0, 0.05) is 29.7 Å². The highest BCUT2D eigenvalue weighted by molar-refractivity contribution is 6.45. The molecular formula is C17H22N2O3. The zero-order chi connectivity index (χ0) is 16.1. The van der Waals surface area contributed by atoms with Crippen molar-refractivity contribution in [1.29, 1.82) is 0 Å². The smallest absolute Gasteiger partial charge is 0.292 e. The SMILES string of the molecule is Cc1[nH]c2ccccc2c1C(=O)C(=O)NCCCOC(C)C. The summed E-state index contributed by atoms with van der Waals surface area (Å²) < 4.78 is 5.39. The Morgan fingerprint density at radius 1 is 1.27 bits per heavy atom. The molecule has 5 heteroatoms. The Kier molecular flexibility index (Phi) is 5.33. The molecule has 0 unspecified atom stereocenters. The van der Waals surface area contributed by atoms with Crippen molar-refractivity contribution in [3.63, 3.8) is 0 Å². The standard InChI is InChI=1S/C17H22N2O3/c1-11(2)22-10-6-9-18-17(21)16(20)15-12(3)19-14-8-5-4-7-13(14)15/h4-5,7-8,11,19H,6,9-10H2,1-3H3,(H,18,21). The van der Waals surface area contributed by atoms with E-state index in [2.05, 4.69) is 10.3 Å². The maximum Gasteiger partial charge on any atom is 0.292 e. The quantitative estimate of drug-likeness (QED) is 0.469. The molecule has 0 radical (unpaired) electrons. The Labute approximate surface area is 130 Å². The van der Waals surface area contributed by atoms with Gasteiger partial charge in [-0.15, -0.1) is 0 Å². The predicted molar refractivity (Wildman–Crippen MR) is 86.1 cm³/mol. The number of aryl methyl sites for hydroxylation is 1. The Morgan fingerprint density at radius 2 is 2.00 bits per heavy atom. The zero-order valence-corrected chi connectivity index (χ0v) is 13.2. The average molecular weight is 302 g/mol. The van der Waals surface area contributed by atoms with Gasteiger partial charge in [0.25, 0.3) is 11.7 Å². The molecule has 5 nitrogen and oxygen atoms in total. The summed E-state index contributed by atoms with van der Waals surface area (Å²) in [6.07, 6.45) is 0.857. The Bertz CT molecular complexity index is 674. The van der Waals surface area contributed by atoms with Gasteiger partial charge in [0.15, 0.2) is 0 Å². The molecule has 0 aliphatic carbocycles. The van der Waals surface area contributed by atoms with Gasteiger partial charge in [-0.25, -0.2) is 0 Å². The molecule has 2 aromatic rings. The van der Waals surface area contributed by atoms with Crippen LogP contribution in [-0.2, 0) is 9.53 Å². The number of carbonyl (C=O) groups is 2. The van der Waals surface area contributed by atoms with Gasteiger partial charge in [-0.05, 0) is 33.3 Å². The topological polar surface area (TPSA) is 71.2 Å². The first kappa shape index (κ1) is 16.2. The fraction of sp³-hybridized carbons (Fsp3) is 0.412. The van der Waals surface area contributed by atoms with E-state index in [1.54, 1.807) is 6.92 Å². The monoisotopic (exact) mass is 302 g/mol. The number of ketones is 1. The molecule has 0 aliphatic rings. The second-order valence-electron chi connectivity index (χ2n) is 5.53.